The minimum Gasteiger partial charge on any atom is -0.228 e. The maximum absolute atomic E-state index is 10.7. The Balaban J connectivity index is 3.70. The molecule has 0 bridgehead atoms. The SMILES string of the molecule is C=CCCCC(C)S(N)(=O)=O. The number of sulfonamides is 1. The molecule has 3 nitrogen and oxygen atoms in total. The quantitative estimate of drug-likeness (QED) is 0.503. The second kappa shape index (κ2) is 4.51. The Hall–Kier alpha value is -0.350. The maximum atomic E-state index is 10.7. The lowest BCUT2D eigenvalue weighted by Gasteiger charge is -2.06. The summed E-state index contributed by atoms with van der Waals surface area (Å²) in [7, 11) is -3.32. The first-order valence-electron chi connectivity index (χ1n) is 3.61. The van der Waals surface area contributed by atoms with Crippen molar-refractivity contribution in [2.45, 2.75) is 31.4 Å². The highest BCUT2D eigenvalue weighted by atomic mass is 32.2. The Labute approximate surface area is 68.3 Å². The minimum atomic E-state index is -3.32. The highest BCUT2D eigenvalue weighted by Crippen LogP contribution is 2.06. The van der Waals surface area contributed by atoms with E-state index in [-0.39, 0.29) is 0 Å². The van der Waals surface area contributed by atoms with Crippen molar-refractivity contribution in [2.24, 2.45) is 5.14 Å². The molecular formula is C7H15NO2S. The van der Waals surface area contributed by atoms with Crippen molar-refractivity contribution in [3.05, 3.63) is 12.7 Å². The van der Waals surface area contributed by atoms with Crippen LogP contribution in [-0.4, -0.2) is 13.7 Å². The van der Waals surface area contributed by atoms with Gasteiger partial charge >= 0.3 is 0 Å². The molecule has 0 aromatic carbocycles. The molecule has 1 atom stereocenters. The van der Waals surface area contributed by atoms with Crippen molar-refractivity contribution in [2.75, 3.05) is 0 Å². The van der Waals surface area contributed by atoms with E-state index in [1.165, 1.54) is 0 Å². The van der Waals surface area contributed by atoms with Crippen LogP contribution in [0.5, 0.6) is 0 Å². The summed E-state index contributed by atoms with van der Waals surface area (Å²) in [5, 5.41) is 4.48. The fraction of sp³-hybridized carbons (Fsp3) is 0.714. The van der Waals surface area contributed by atoms with Gasteiger partial charge in [0, 0.05) is 0 Å². The van der Waals surface area contributed by atoms with Crippen LogP contribution in [0.15, 0.2) is 12.7 Å². The third kappa shape index (κ3) is 4.98. The molecule has 2 N–H and O–H groups in total. The van der Waals surface area contributed by atoms with Gasteiger partial charge < -0.3 is 0 Å². The van der Waals surface area contributed by atoms with Gasteiger partial charge in [-0.05, 0) is 26.2 Å². The number of unbranched alkanes of at least 4 members (excludes halogenated alkanes) is 1. The van der Waals surface area contributed by atoms with Crippen LogP contribution in [-0.2, 0) is 10.0 Å². The second-order valence-electron chi connectivity index (χ2n) is 2.62. The Kier molecular flexibility index (Phi) is 4.37. The summed E-state index contributed by atoms with van der Waals surface area (Å²) in [6.45, 7) is 5.16. The third-order valence-electron chi connectivity index (χ3n) is 1.58. The topological polar surface area (TPSA) is 60.2 Å². The molecule has 1 unspecified atom stereocenters. The summed E-state index contributed by atoms with van der Waals surface area (Å²) in [5.74, 6) is 0. The summed E-state index contributed by atoms with van der Waals surface area (Å²) in [6, 6.07) is 0. The van der Waals surface area contributed by atoms with Gasteiger partial charge in [-0.2, -0.15) is 0 Å². The average molecular weight is 177 g/mol. The van der Waals surface area contributed by atoms with Gasteiger partial charge in [-0.3, -0.25) is 0 Å². The summed E-state index contributed by atoms with van der Waals surface area (Å²) < 4.78 is 21.4. The zero-order valence-corrected chi connectivity index (χ0v) is 7.60. The van der Waals surface area contributed by atoms with Crippen molar-refractivity contribution in [3.8, 4) is 0 Å². The maximum Gasteiger partial charge on any atom is 0.211 e. The molecule has 0 saturated carbocycles. The molecule has 0 aliphatic heterocycles. The summed E-state index contributed by atoms with van der Waals surface area (Å²) in [5.41, 5.74) is 0. The van der Waals surface area contributed by atoms with Crippen LogP contribution in [0.25, 0.3) is 0 Å². The molecule has 0 spiro atoms. The highest BCUT2D eigenvalue weighted by Gasteiger charge is 2.13. The van der Waals surface area contributed by atoms with Crippen molar-refractivity contribution in [1.82, 2.24) is 0 Å². The number of hydrogen-bond acceptors (Lipinski definition) is 2. The van der Waals surface area contributed by atoms with Crippen molar-refractivity contribution in [3.63, 3.8) is 0 Å². The molecule has 0 saturated heterocycles. The smallest absolute Gasteiger partial charge is 0.211 e. The molecule has 0 aromatic rings. The normalized spacial score (nSPS) is 14.4. The van der Waals surface area contributed by atoms with Gasteiger partial charge in [-0.1, -0.05) is 6.08 Å². The van der Waals surface area contributed by atoms with E-state index in [1.807, 2.05) is 0 Å². The monoisotopic (exact) mass is 177 g/mol. The second-order valence-corrected chi connectivity index (χ2v) is 4.60. The van der Waals surface area contributed by atoms with Crippen molar-refractivity contribution >= 4 is 10.0 Å². The molecule has 0 radical (unpaired) electrons. The number of nitrogens with two attached hydrogens (primary N) is 1. The molecule has 0 aromatic heterocycles. The first-order valence-corrected chi connectivity index (χ1v) is 5.22. The summed E-state index contributed by atoms with van der Waals surface area (Å²) in [6.07, 6.45) is 4.07. The highest BCUT2D eigenvalue weighted by molar-refractivity contribution is 7.89. The first kappa shape index (κ1) is 10.7. The van der Waals surface area contributed by atoms with Gasteiger partial charge in [0.2, 0.25) is 10.0 Å². The van der Waals surface area contributed by atoms with E-state index in [9.17, 15) is 8.42 Å². The Bertz CT molecular complexity index is 208. The lowest BCUT2D eigenvalue weighted by molar-refractivity contribution is 0.575. The number of hydrogen-bond donors (Lipinski definition) is 1. The van der Waals surface area contributed by atoms with Gasteiger partial charge in [0.1, 0.15) is 0 Å². The van der Waals surface area contributed by atoms with E-state index in [0.29, 0.717) is 6.42 Å². The fourth-order valence-electron chi connectivity index (χ4n) is 0.714. The van der Waals surface area contributed by atoms with Crippen molar-refractivity contribution < 1.29 is 8.42 Å². The third-order valence-corrected chi connectivity index (χ3v) is 2.94. The van der Waals surface area contributed by atoms with Gasteiger partial charge in [0.25, 0.3) is 0 Å². The van der Waals surface area contributed by atoms with E-state index in [0.717, 1.165) is 12.8 Å². The van der Waals surface area contributed by atoms with E-state index in [1.54, 1.807) is 13.0 Å². The van der Waals surface area contributed by atoms with Crippen molar-refractivity contribution in [1.29, 1.82) is 0 Å². The Morgan fingerprint density at radius 1 is 1.64 bits per heavy atom. The van der Waals surface area contributed by atoms with Crippen LogP contribution in [0.4, 0.5) is 0 Å². The van der Waals surface area contributed by atoms with E-state index in [4.69, 9.17) is 5.14 Å². The van der Waals surface area contributed by atoms with Crippen LogP contribution in [0.3, 0.4) is 0 Å². The number of rotatable bonds is 5. The number of primary sulfonamides is 1. The lowest BCUT2D eigenvalue weighted by Crippen LogP contribution is -2.25. The Morgan fingerprint density at radius 3 is 2.55 bits per heavy atom. The zero-order valence-electron chi connectivity index (χ0n) is 6.79. The van der Waals surface area contributed by atoms with E-state index in [2.05, 4.69) is 6.58 Å². The molecule has 11 heavy (non-hydrogen) atoms. The molecule has 0 aliphatic carbocycles. The summed E-state index contributed by atoms with van der Waals surface area (Å²) in [4.78, 5) is 0. The van der Waals surface area contributed by atoms with Crippen LogP contribution in [0.2, 0.25) is 0 Å². The first-order chi connectivity index (χ1) is 4.98. The van der Waals surface area contributed by atoms with Gasteiger partial charge in [0.15, 0.2) is 0 Å². The molecular weight excluding hydrogens is 162 g/mol. The minimum absolute atomic E-state index is 0.428. The molecule has 0 fully saturated rings. The van der Waals surface area contributed by atoms with Crippen LogP contribution in [0, 0.1) is 0 Å². The largest absolute Gasteiger partial charge is 0.228 e. The van der Waals surface area contributed by atoms with Crippen LogP contribution < -0.4 is 5.14 Å². The van der Waals surface area contributed by atoms with E-state index >= 15 is 0 Å². The predicted octanol–water partition coefficient (Wildman–Crippen LogP) is 1.02. The molecule has 0 heterocycles. The van der Waals surface area contributed by atoms with E-state index < -0.39 is 15.3 Å². The standard InChI is InChI=1S/C7H15NO2S/c1-3-4-5-6-7(2)11(8,9)10/h3,7H,1,4-6H2,2H3,(H2,8,9,10). The van der Waals surface area contributed by atoms with Crippen LogP contribution in [0.1, 0.15) is 26.2 Å². The zero-order chi connectivity index (χ0) is 8.91. The molecule has 0 aliphatic rings. The number of allylic oxidation sites excluding steroid dienone is 1. The summed E-state index contributed by atoms with van der Waals surface area (Å²) >= 11 is 0. The lowest BCUT2D eigenvalue weighted by atomic mass is 10.2. The Morgan fingerprint density at radius 2 is 2.18 bits per heavy atom. The predicted molar refractivity (Wildman–Crippen MR) is 46.6 cm³/mol. The molecule has 0 amide bonds. The average Bonchev–Trinajstić information content (AvgIpc) is 1.86. The fourth-order valence-corrected chi connectivity index (χ4v) is 1.21. The van der Waals surface area contributed by atoms with Gasteiger partial charge in [-0.15, -0.1) is 6.58 Å². The molecule has 0 rings (SSSR count). The van der Waals surface area contributed by atoms with Crippen LogP contribution >= 0.6 is 0 Å². The van der Waals surface area contributed by atoms with Gasteiger partial charge in [0.05, 0.1) is 5.25 Å². The molecule has 66 valence electrons. The van der Waals surface area contributed by atoms with Gasteiger partial charge in [-0.25, -0.2) is 13.6 Å². The molecule has 4 heteroatoms.